The number of hydrogen-bond donors (Lipinski definition) is 2. The van der Waals surface area contributed by atoms with Crippen LogP contribution in [0.1, 0.15) is 21.5 Å². The van der Waals surface area contributed by atoms with Crippen LogP contribution in [0.2, 0.25) is 10.0 Å². The van der Waals surface area contributed by atoms with Gasteiger partial charge in [-0.1, -0.05) is 35.3 Å². The topological polar surface area (TPSA) is 58.2 Å². The molecule has 0 aliphatic rings. The van der Waals surface area contributed by atoms with Crippen molar-refractivity contribution in [3.63, 3.8) is 0 Å². The smallest absolute Gasteiger partial charge is 0.257 e. The Labute approximate surface area is 190 Å². The van der Waals surface area contributed by atoms with E-state index in [9.17, 15) is 9.59 Å². The van der Waals surface area contributed by atoms with Crippen LogP contribution in [0.3, 0.4) is 0 Å². The molecule has 2 amide bonds. The highest BCUT2D eigenvalue weighted by atomic mass is 35.5. The van der Waals surface area contributed by atoms with Gasteiger partial charge in [0.05, 0.1) is 16.3 Å². The van der Waals surface area contributed by atoms with Crippen LogP contribution in [0.25, 0.3) is 0 Å². The number of rotatable bonds is 6. The molecule has 0 aliphatic heterocycles. The minimum atomic E-state index is -0.315. The number of benzene rings is 3. The molecule has 0 saturated carbocycles. The summed E-state index contributed by atoms with van der Waals surface area (Å²) in [5, 5.41) is 6.51. The number of hydrogen-bond acceptors (Lipinski definition) is 3. The van der Waals surface area contributed by atoms with E-state index in [4.69, 9.17) is 23.2 Å². The fourth-order valence-electron chi connectivity index (χ4n) is 2.71. The van der Waals surface area contributed by atoms with Crippen molar-refractivity contribution in [1.82, 2.24) is 0 Å². The van der Waals surface area contributed by atoms with Crippen LogP contribution in [0.4, 0.5) is 11.4 Å². The Bertz CT molecular complexity index is 1090. The zero-order valence-corrected chi connectivity index (χ0v) is 18.8. The monoisotopic (exact) mass is 458 g/mol. The van der Waals surface area contributed by atoms with Crippen molar-refractivity contribution in [2.75, 3.05) is 16.4 Å². The molecule has 7 heteroatoms. The zero-order chi connectivity index (χ0) is 21.7. The van der Waals surface area contributed by atoms with Gasteiger partial charge in [-0.25, -0.2) is 0 Å². The van der Waals surface area contributed by atoms with Crippen molar-refractivity contribution in [2.24, 2.45) is 0 Å². The van der Waals surface area contributed by atoms with Crippen LogP contribution >= 0.6 is 35.0 Å². The van der Waals surface area contributed by atoms with Gasteiger partial charge >= 0.3 is 0 Å². The third kappa shape index (κ3) is 6.02. The Hall–Kier alpha value is -2.47. The number of aryl methyl sites for hydroxylation is 2. The van der Waals surface area contributed by atoms with Crippen LogP contribution in [0, 0.1) is 13.8 Å². The third-order valence-corrected chi connectivity index (χ3v) is 5.88. The second kappa shape index (κ2) is 10.0. The fraction of sp³-hybridized carbons (Fsp3) is 0.130. The van der Waals surface area contributed by atoms with Gasteiger partial charge in [-0.15, -0.1) is 11.8 Å². The lowest BCUT2D eigenvalue weighted by atomic mass is 10.1. The summed E-state index contributed by atoms with van der Waals surface area (Å²) >= 11 is 13.4. The number of carbonyl (C=O) groups excluding carboxylic acids is 2. The maximum absolute atomic E-state index is 12.4. The average Bonchev–Trinajstić information content (AvgIpc) is 2.70. The molecule has 0 fully saturated rings. The average molecular weight is 459 g/mol. The summed E-state index contributed by atoms with van der Waals surface area (Å²) in [4.78, 5) is 25.6. The summed E-state index contributed by atoms with van der Waals surface area (Å²) in [5.41, 5.74) is 3.94. The summed E-state index contributed by atoms with van der Waals surface area (Å²) in [7, 11) is 0. The van der Waals surface area contributed by atoms with Crippen molar-refractivity contribution in [2.45, 2.75) is 18.7 Å². The normalized spacial score (nSPS) is 10.5. The predicted octanol–water partition coefficient (Wildman–Crippen LogP) is 6.59. The molecule has 3 aromatic rings. The minimum Gasteiger partial charge on any atom is -0.325 e. The Kier molecular flexibility index (Phi) is 7.43. The quantitative estimate of drug-likeness (QED) is 0.409. The fourth-order valence-corrected chi connectivity index (χ4v) is 3.91. The van der Waals surface area contributed by atoms with Crippen molar-refractivity contribution in [1.29, 1.82) is 0 Å². The molecule has 2 N–H and O–H groups in total. The molecule has 154 valence electrons. The van der Waals surface area contributed by atoms with Gasteiger partial charge in [0.15, 0.2) is 0 Å². The van der Waals surface area contributed by atoms with E-state index in [0.29, 0.717) is 27.0 Å². The van der Waals surface area contributed by atoms with Gasteiger partial charge in [0.25, 0.3) is 5.91 Å². The molecule has 0 bridgehead atoms. The summed E-state index contributed by atoms with van der Waals surface area (Å²) in [6, 6.07) is 18.0. The number of halogens is 2. The molecule has 0 aromatic heterocycles. The van der Waals surface area contributed by atoms with E-state index < -0.39 is 0 Å². The number of carbonyl (C=O) groups is 2. The van der Waals surface area contributed by atoms with Gasteiger partial charge in [0.2, 0.25) is 5.91 Å². The van der Waals surface area contributed by atoms with Crippen LogP contribution in [0.15, 0.2) is 65.6 Å². The van der Waals surface area contributed by atoms with Crippen LogP contribution in [-0.2, 0) is 4.79 Å². The van der Waals surface area contributed by atoms with Crippen LogP contribution in [0.5, 0.6) is 0 Å². The number of thioether (sulfide) groups is 1. The molecule has 0 aliphatic carbocycles. The second-order valence-electron chi connectivity index (χ2n) is 6.76. The number of nitrogens with one attached hydrogen (secondary N) is 2. The molecule has 0 atom stereocenters. The van der Waals surface area contributed by atoms with Crippen LogP contribution < -0.4 is 10.6 Å². The van der Waals surface area contributed by atoms with E-state index in [2.05, 4.69) is 10.6 Å². The van der Waals surface area contributed by atoms with Gasteiger partial charge in [-0.05, 0) is 73.5 Å². The predicted molar refractivity (Wildman–Crippen MR) is 126 cm³/mol. The highest BCUT2D eigenvalue weighted by Gasteiger charge is 2.11. The first-order valence-electron chi connectivity index (χ1n) is 9.18. The van der Waals surface area contributed by atoms with Gasteiger partial charge in [0, 0.05) is 21.3 Å². The lowest BCUT2D eigenvalue weighted by molar-refractivity contribution is -0.113. The molecular weight excluding hydrogens is 439 g/mol. The molecule has 0 heterocycles. The highest BCUT2D eigenvalue weighted by Crippen LogP contribution is 2.24. The summed E-state index contributed by atoms with van der Waals surface area (Å²) < 4.78 is 0. The Morgan fingerprint density at radius 2 is 1.63 bits per heavy atom. The van der Waals surface area contributed by atoms with E-state index in [0.717, 1.165) is 21.7 Å². The van der Waals surface area contributed by atoms with Crippen LogP contribution in [-0.4, -0.2) is 17.6 Å². The molecular formula is C23H20Cl2N2O2S. The molecule has 30 heavy (non-hydrogen) atoms. The first-order valence-corrected chi connectivity index (χ1v) is 10.9. The first kappa shape index (κ1) is 22.2. The van der Waals surface area contributed by atoms with Crippen molar-refractivity contribution in [3.05, 3.63) is 87.4 Å². The Balaban J connectivity index is 1.54. The zero-order valence-electron chi connectivity index (χ0n) is 16.5. The van der Waals surface area contributed by atoms with Crippen molar-refractivity contribution in [3.8, 4) is 0 Å². The molecule has 0 spiro atoms. The lowest BCUT2D eigenvalue weighted by Gasteiger charge is -2.10. The van der Waals surface area contributed by atoms with E-state index in [-0.39, 0.29) is 11.8 Å². The maximum Gasteiger partial charge on any atom is 0.257 e. The molecule has 0 unspecified atom stereocenters. The largest absolute Gasteiger partial charge is 0.325 e. The third-order valence-electron chi connectivity index (χ3n) is 4.33. The maximum atomic E-state index is 12.4. The molecule has 3 rings (SSSR count). The van der Waals surface area contributed by atoms with E-state index >= 15 is 0 Å². The highest BCUT2D eigenvalue weighted by molar-refractivity contribution is 8.00. The first-order chi connectivity index (χ1) is 14.3. The Morgan fingerprint density at radius 3 is 2.33 bits per heavy atom. The van der Waals surface area contributed by atoms with Gasteiger partial charge in [0.1, 0.15) is 0 Å². The lowest BCUT2D eigenvalue weighted by Crippen LogP contribution is -2.15. The van der Waals surface area contributed by atoms with Crippen molar-refractivity contribution < 1.29 is 9.59 Å². The number of anilines is 2. The standard InChI is InChI=1S/C23H20Cl2N2O2S/c1-14-3-4-15(2)21(11-14)27-22(28)13-30-18-8-6-17(7-9-18)26-23(29)19-10-5-16(24)12-20(19)25/h3-12H,13H2,1-2H3,(H,26,29)(H,27,28). The van der Waals surface area contributed by atoms with E-state index in [1.165, 1.54) is 17.8 Å². The molecule has 0 saturated heterocycles. The SMILES string of the molecule is Cc1ccc(C)c(NC(=O)CSc2ccc(NC(=O)c3ccc(Cl)cc3Cl)cc2)c1. The minimum absolute atomic E-state index is 0.0662. The second-order valence-corrected chi connectivity index (χ2v) is 8.65. The summed E-state index contributed by atoms with van der Waals surface area (Å²) in [6.45, 7) is 3.96. The molecule has 4 nitrogen and oxygen atoms in total. The van der Waals surface area contributed by atoms with Gasteiger partial charge < -0.3 is 10.6 Å². The van der Waals surface area contributed by atoms with Gasteiger partial charge in [-0.3, -0.25) is 9.59 Å². The van der Waals surface area contributed by atoms with Crippen molar-refractivity contribution >= 4 is 58.2 Å². The van der Waals surface area contributed by atoms with E-state index in [1.807, 2.05) is 44.2 Å². The summed E-state index contributed by atoms with van der Waals surface area (Å²) in [6.07, 6.45) is 0. The van der Waals surface area contributed by atoms with E-state index in [1.54, 1.807) is 24.3 Å². The molecule has 3 aromatic carbocycles. The Morgan fingerprint density at radius 1 is 0.900 bits per heavy atom. The number of amides is 2. The van der Waals surface area contributed by atoms with Gasteiger partial charge in [-0.2, -0.15) is 0 Å². The summed E-state index contributed by atoms with van der Waals surface area (Å²) in [5.74, 6) is -0.0899. The molecule has 0 radical (unpaired) electrons.